The van der Waals surface area contributed by atoms with E-state index in [1.165, 1.54) is 0 Å². The largest absolute Gasteiger partial charge is 0.398 e. The Bertz CT molecular complexity index is 569. The molecule has 1 aromatic heterocycles. The van der Waals surface area contributed by atoms with E-state index in [1.807, 2.05) is 42.3 Å². The highest BCUT2D eigenvalue weighted by atomic mass is 15.2. The first-order valence-electron chi connectivity index (χ1n) is 5.61. The second kappa shape index (κ2) is 5.19. The molecule has 4 heteroatoms. The fraction of sp³-hybridized carbons (Fsp3) is 0.143. The Labute approximate surface area is 106 Å². The maximum Gasteiger partial charge on any atom is 0.128 e. The molecule has 1 aromatic carbocycles. The predicted molar refractivity (Wildman–Crippen MR) is 71.9 cm³/mol. The van der Waals surface area contributed by atoms with E-state index < -0.39 is 0 Å². The van der Waals surface area contributed by atoms with Gasteiger partial charge in [0.05, 0.1) is 5.56 Å². The van der Waals surface area contributed by atoms with E-state index >= 15 is 0 Å². The first-order chi connectivity index (χ1) is 8.70. The number of aromatic nitrogens is 1. The van der Waals surface area contributed by atoms with Crippen molar-refractivity contribution < 1.29 is 0 Å². The Morgan fingerprint density at radius 2 is 2.06 bits per heavy atom. The van der Waals surface area contributed by atoms with Gasteiger partial charge >= 0.3 is 0 Å². The highest BCUT2D eigenvalue weighted by molar-refractivity contribution is 5.49. The van der Waals surface area contributed by atoms with Crippen LogP contribution >= 0.6 is 0 Å². The zero-order chi connectivity index (χ0) is 13.0. The van der Waals surface area contributed by atoms with Gasteiger partial charge in [-0.3, -0.25) is 0 Å². The number of nitriles is 1. The molecule has 1 heterocycles. The van der Waals surface area contributed by atoms with E-state index in [1.54, 1.807) is 12.3 Å². The van der Waals surface area contributed by atoms with Crippen LogP contribution in [-0.4, -0.2) is 12.0 Å². The SMILES string of the molecule is CN(Cc1ccccc1N)c1ccc(C#N)cn1. The molecule has 2 rings (SSSR count). The van der Waals surface area contributed by atoms with Crippen LogP contribution in [0.25, 0.3) is 0 Å². The van der Waals surface area contributed by atoms with Crippen LogP contribution in [0.1, 0.15) is 11.1 Å². The van der Waals surface area contributed by atoms with Crippen molar-refractivity contribution in [1.82, 2.24) is 4.98 Å². The molecule has 0 aliphatic carbocycles. The molecule has 90 valence electrons. The first kappa shape index (κ1) is 11.9. The lowest BCUT2D eigenvalue weighted by Gasteiger charge is -2.19. The Balaban J connectivity index is 2.15. The van der Waals surface area contributed by atoms with Gasteiger partial charge in [0, 0.05) is 25.5 Å². The summed E-state index contributed by atoms with van der Waals surface area (Å²) in [5.41, 5.74) is 8.30. The van der Waals surface area contributed by atoms with Crippen LogP contribution in [-0.2, 0) is 6.54 Å². The molecule has 0 saturated carbocycles. The molecule has 0 saturated heterocycles. The quantitative estimate of drug-likeness (QED) is 0.832. The van der Waals surface area contributed by atoms with Crippen molar-refractivity contribution in [3.8, 4) is 6.07 Å². The fourth-order valence-corrected chi connectivity index (χ4v) is 1.69. The van der Waals surface area contributed by atoms with Crippen LogP contribution in [0, 0.1) is 11.3 Å². The minimum atomic E-state index is 0.561. The van der Waals surface area contributed by atoms with Crippen molar-refractivity contribution in [3.05, 3.63) is 53.7 Å². The van der Waals surface area contributed by atoms with Crippen LogP contribution < -0.4 is 10.6 Å². The molecule has 0 unspecified atom stereocenters. The molecule has 0 aliphatic rings. The number of rotatable bonds is 3. The van der Waals surface area contributed by atoms with Crippen LogP contribution in [0.15, 0.2) is 42.6 Å². The Morgan fingerprint density at radius 1 is 1.28 bits per heavy atom. The number of para-hydroxylation sites is 1. The summed E-state index contributed by atoms with van der Waals surface area (Å²) in [7, 11) is 1.95. The summed E-state index contributed by atoms with van der Waals surface area (Å²) in [6.07, 6.45) is 1.57. The van der Waals surface area contributed by atoms with E-state index in [0.29, 0.717) is 12.1 Å². The average Bonchev–Trinajstić information content (AvgIpc) is 2.41. The number of anilines is 2. The molecule has 0 amide bonds. The van der Waals surface area contributed by atoms with Gasteiger partial charge < -0.3 is 10.6 Å². The van der Waals surface area contributed by atoms with E-state index in [-0.39, 0.29) is 0 Å². The molecule has 0 spiro atoms. The summed E-state index contributed by atoms with van der Waals surface area (Å²) in [4.78, 5) is 6.23. The number of pyridine rings is 1. The van der Waals surface area contributed by atoms with Crippen LogP contribution in [0.2, 0.25) is 0 Å². The highest BCUT2D eigenvalue weighted by Gasteiger charge is 2.05. The predicted octanol–water partition coefficient (Wildman–Crippen LogP) is 2.17. The highest BCUT2D eigenvalue weighted by Crippen LogP contribution is 2.16. The Hall–Kier alpha value is -2.54. The van der Waals surface area contributed by atoms with Crippen LogP contribution in [0.5, 0.6) is 0 Å². The van der Waals surface area contributed by atoms with Gasteiger partial charge in [0.2, 0.25) is 0 Å². The molecule has 2 N–H and O–H groups in total. The molecule has 4 nitrogen and oxygen atoms in total. The second-order valence-corrected chi connectivity index (χ2v) is 4.07. The lowest BCUT2D eigenvalue weighted by atomic mass is 10.1. The van der Waals surface area contributed by atoms with Crippen molar-refractivity contribution in [2.24, 2.45) is 0 Å². The minimum absolute atomic E-state index is 0.561. The van der Waals surface area contributed by atoms with Gasteiger partial charge in [-0.2, -0.15) is 5.26 Å². The van der Waals surface area contributed by atoms with Crippen molar-refractivity contribution in [2.75, 3.05) is 17.7 Å². The number of nitrogens with zero attached hydrogens (tertiary/aromatic N) is 3. The molecule has 0 radical (unpaired) electrons. The van der Waals surface area contributed by atoms with E-state index in [4.69, 9.17) is 11.0 Å². The average molecular weight is 238 g/mol. The number of hydrogen-bond donors (Lipinski definition) is 1. The molecule has 0 bridgehead atoms. The molecular weight excluding hydrogens is 224 g/mol. The molecule has 0 atom stereocenters. The van der Waals surface area contributed by atoms with E-state index in [2.05, 4.69) is 11.1 Å². The molecule has 0 aliphatic heterocycles. The van der Waals surface area contributed by atoms with Gasteiger partial charge in [-0.05, 0) is 23.8 Å². The number of nitrogen functional groups attached to an aromatic ring is 1. The lowest BCUT2D eigenvalue weighted by molar-refractivity contribution is 0.899. The summed E-state index contributed by atoms with van der Waals surface area (Å²) < 4.78 is 0. The molecular formula is C14H14N4. The summed E-state index contributed by atoms with van der Waals surface area (Å²) >= 11 is 0. The van der Waals surface area contributed by atoms with Crippen molar-refractivity contribution in [2.45, 2.75) is 6.54 Å². The number of hydrogen-bond acceptors (Lipinski definition) is 4. The number of benzene rings is 1. The van der Waals surface area contributed by atoms with Crippen molar-refractivity contribution >= 4 is 11.5 Å². The lowest BCUT2D eigenvalue weighted by Crippen LogP contribution is -2.18. The number of nitrogens with two attached hydrogens (primary N) is 1. The maximum absolute atomic E-state index is 8.72. The van der Waals surface area contributed by atoms with E-state index in [9.17, 15) is 0 Å². The third kappa shape index (κ3) is 2.58. The summed E-state index contributed by atoms with van der Waals surface area (Å²) in [5, 5.41) is 8.72. The maximum atomic E-state index is 8.72. The van der Waals surface area contributed by atoms with Gasteiger partial charge in [0.25, 0.3) is 0 Å². The van der Waals surface area contributed by atoms with E-state index in [0.717, 1.165) is 17.1 Å². The summed E-state index contributed by atoms with van der Waals surface area (Å²) in [6, 6.07) is 13.4. The molecule has 0 fully saturated rings. The second-order valence-electron chi connectivity index (χ2n) is 4.07. The Morgan fingerprint density at radius 3 is 2.67 bits per heavy atom. The van der Waals surface area contributed by atoms with Gasteiger partial charge in [-0.1, -0.05) is 18.2 Å². The van der Waals surface area contributed by atoms with Gasteiger partial charge in [0.1, 0.15) is 11.9 Å². The monoisotopic (exact) mass is 238 g/mol. The van der Waals surface area contributed by atoms with Crippen molar-refractivity contribution in [3.63, 3.8) is 0 Å². The minimum Gasteiger partial charge on any atom is -0.398 e. The molecule has 18 heavy (non-hydrogen) atoms. The van der Waals surface area contributed by atoms with Gasteiger partial charge in [-0.25, -0.2) is 4.98 Å². The van der Waals surface area contributed by atoms with Crippen LogP contribution in [0.4, 0.5) is 11.5 Å². The summed E-state index contributed by atoms with van der Waals surface area (Å²) in [6.45, 7) is 0.686. The van der Waals surface area contributed by atoms with Gasteiger partial charge in [0.15, 0.2) is 0 Å². The normalized spacial score (nSPS) is 9.78. The Kier molecular flexibility index (Phi) is 3.44. The fourth-order valence-electron chi connectivity index (χ4n) is 1.69. The first-order valence-corrected chi connectivity index (χ1v) is 5.61. The third-order valence-corrected chi connectivity index (χ3v) is 2.73. The van der Waals surface area contributed by atoms with Crippen molar-refractivity contribution in [1.29, 1.82) is 5.26 Å². The standard InChI is InChI=1S/C14H14N4/c1-18(10-12-4-2-3-5-13(12)16)14-7-6-11(8-15)9-17-14/h2-7,9H,10,16H2,1H3. The third-order valence-electron chi connectivity index (χ3n) is 2.73. The summed E-state index contributed by atoms with van der Waals surface area (Å²) in [5.74, 6) is 0.817. The molecule has 2 aromatic rings. The topological polar surface area (TPSA) is 65.9 Å². The smallest absolute Gasteiger partial charge is 0.128 e. The van der Waals surface area contributed by atoms with Crippen LogP contribution in [0.3, 0.4) is 0 Å². The zero-order valence-electron chi connectivity index (χ0n) is 10.2. The zero-order valence-corrected chi connectivity index (χ0v) is 10.2. The van der Waals surface area contributed by atoms with Gasteiger partial charge in [-0.15, -0.1) is 0 Å².